The van der Waals surface area contributed by atoms with Crippen LogP contribution < -0.4 is 5.73 Å². The van der Waals surface area contributed by atoms with Gasteiger partial charge in [-0.25, -0.2) is 0 Å². The molecule has 0 saturated heterocycles. The first-order chi connectivity index (χ1) is 9.06. The zero-order valence-corrected chi connectivity index (χ0v) is 12.6. The summed E-state index contributed by atoms with van der Waals surface area (Å²) in [5.74, 6) is 0. The number of ether oxygens (including phenoxy) is 1. The first-order valence-corrected chi connectivity index (χ1v) is 7.47. The molecule has 0 bridgehead atoms. The zero-order valence-electron chi connectivity index (χ0n) is 12.6. The van der Waals surface area contributed by atoms with E-state index in [9.17, 15) is 0 Å². The molecule has 1 aliphatic carbocycles. The van der Waals surface area contributed by atoms with Gasteiger partial charge in [-0.2, -0.15) is 0 Å². The normalized spacial score (nSPS) is 18.5. The molecule has 1 saturated carbocycles. The maximum absolute atomic E-state index is 6.28. The number of aryl methyl sites for hydroxylation is 3. The second-order valence-corrected chi connectivity index (χ2v) is 6.11. The number of hydrogen-bond acceptors (Lipinski definition) is 2. The van der Waals surface area contributed by atoms with Gasteiger partial charge >= 0.3 is 0 Å². The topological polar surface area (TPSA) is 35.2 Å². The van der Waals surface area contributed by atoms with Crippen molar-refractivity contribution in [1.29, 1.82) is 0 Å². The van der Waals surface area contributed by atoms with E-state index in [1.54, 1.807) is 0 Å². The van der Waals surface area contributed by atoms with Crippen molar-refractivity contribution in [2.24, 2.45) is 5.73 Å². The summed E-state index contributed by atoms with van der Waals surface area (Å²) in [6, 6.07) is 4.48. The highest BCUT2D eigenvalue weighted by Crippen LogP contribution is 2.32. The van der Waals surface area contributed by atoms with Crippen molar-refractivity contribution in [2.75, 3.05) is 6.54 Å². The third-order valence-electron chi connectivity index (χ3n) is 4.50. The predicted molar refractivity (Wildman–Crippen MR) is 80.3 cm³/mol. The Kier molecular flexibility index (Phi) is 4.64. The summed E-state index contributed by atoms with van der Waals surface area (Å²) < 4.78 is 6.28. The molecule has 0 spiro atoms. The van der Waals surface area contributed by atoms with Gasteiger partial charge in [-0.05, 0) is 50.3 Å². The largest absolute Gasteiger partial charge is 0.369 e. The van der Waals surface area contributed by atoms with Crippen molar-refractivity contribution in [1.82, 2.24) is 0 Å². The standard InChI is InChI=1S/C17H27NO/c1-13-9-14(2)16(15(3)10-13)11-19-17(12-18)7-5-4-6-8-17/h9-10H,4-8,11-12,18H2,1-3H3. The highest BCUT2D eigenvalue weighted by molar-refractivity contribution is 5.37. The van der Waals surface area contributed by atoms with Crippen LogP contribution >= 0.6 is 0 Å². The fraction of sp³-hybridized carbons (Fsp3) is 0.647. The summed E-state index contributed by atoms with van der Waals surface area (Å²) >= 11 is 0. The van der Waals surface area contributed by atoms with Crippen LogP contribution in [0.15, 0.2) is 12.1 Å². The van der Waals surface area contributed by atoms with E-state index in [1.165, 1.54) is 41.5 Å². The predicted octanol–water partition coefficient (Wildman–Crippen LogP) is 3.79. The van der Waals surface area contributed by atoms with Crippen molar-refractivity contribution >= 4 is 0 Å². The zero-order chi connectivity index (χ0) is 13.9. The smallest absolute Gasteiger partial charge is 0.0808 e. The molecule has 106 valence electrons. The van der Waals surface area contributed by atoms with E-state index in [1.807, 2.05) is 0 Å². The van der Waals surface area contributed by atoms with Gasteiger partial charge in [0.15, 0.2) is 0 Å². The second kappa shape index (κ2) is 6.06. The summed E-state index contributed by atoms with van der Waals surface area (Å²) in [7, 11) is 0. The highest BCUT2D eigenvalue weighted by atomic mass is 16.5. The molecule has 19 heavy (non-hydrogen) atoms. The Bertz CT molecular complexity index is 410. The quantitative estimate of drug-likeness (QED) is 0.895. The molecular formula is C17H27NO. The summed E-state index contributed by atoms with van der Waals surface area (Å²) in [4.78, 5) is 0. The minimum atomic E-state index is -0.0674. The molecule has 0 unspecified atom stereocenters. The monoisotopic (exact) mass is 261 g/mol. The maximum Gasteiger partial charge on any atom is 0.0808 e. The Morgan fingerprint density at radius 2 is 1.63 bits per heavy atom. The molecule has 0 amide bonds. The lowest BCUT2D eigenvalue weighted by Crippen LogP contribution is -2.42. The van der Waals surface area contributed by atoms with E-state index in [-0.39, 0.29) is 5.60 Å². The lowest BCUT2D eigenvalue weighted by molar-refractivity contribution is -0.0736. The van der Waals surface area contributed by atoms with Crippen LogP contribution in [-0.4, -0.2) is 12.1 Å². The summed E-state index contributed by atoms with van der Waals surface area (Å²) in [6.07, 6.45) is 6.07. The van der Waals surface area contributed by atoms with Gasteiger partial charge < -0.3 is 10.5 Å². The van der Waals surface area contributed by atoms with Gasteiger partial charge in [0, 0.05) is 6.54 Å². The molecule has 0 heterocycles. The van der Waals surface area contributed by atoms with Gasteiger partial charge in [-0.3, -0.25) is 0 Å². The number of benzene rings is 1. The molecule has 0 aromatic heterocycles. The molecule has 0 radical (unpaired) electrons. The lowest BCUT2D eigenvalue weighted by atomic mass is 9.84. The van der Waals surface area contributed by atoms with Crippen LogP contribution in [0.1, 0.15) is 54.4 Å². The molecule has 1 fully saturated rings. The Hall–Kier alpha value is -0.860. The van der Waals surface area contributed by atoms with E-state index < -0.39 is 0 Å². The molecular weight excluding hydrogens is 234 g/mol. The van der Waals surface area contributed by atoms with Gasteiger partial charge in [-0.15, -0.1) is 0 Å². The Balaban J connectivity index is 2.09. The van der Waals surface area contributed by atoms with Crippen molar-refractivity contribution < 1.29 is 4.74 Å². The van der Waals surface area contributed by atoms with Crippen molar-refractivity contribution in [3.05, 3.63) is 34.4 Å². The van der Waals surface area contributed by atoms with E-state index in [4.69, 9.17) is 10.5 Å². The van der Waals surface area contributed by atoms with E-state index >= 15 is 0 Å². The Morgan fingerprint density at radius 1 is 1.05 bits per heavy atom. The molecule has 0 atom stereocenters. The van der Waals surface area contributed by atoms with Gasteiger partial charge in [0.2, 0.25) is 0 Å². The third-order valence-corrected chi connectivity index (χ3v) is 4.50. The summed E-state index contributed by atoms with van der Waals surface area (Å²) in [6.45, 7) is 7.85. The van der Waals surface area contributed by atoms with Crippen LogP contribution in [0.4, 0.5) is 0 Å². The van der Waals surface area contributed by atoms with Crippen LogP contribution in [0.3, 0.4) is 0 Å². The number of hydrogen-bond donors (Lipinski definition) is 1. The number of nitrogens with two attached hydrogens (primary N) is 1. The van der Waals surface area contributed by atoms with Crippen LogP contribution in [0.2, 0.25) is 0 Å². The Labute approximate surface area is 117 Å². The van der Waals surface area contributed by atoms with E-state index in [2.05, 4.69) is 32.9 Å². The van der Waals surface area contributed by atoms with Crippen LogP contribution in [0.25, 0.3) is 0 Å². The number of rotatable bonds is 4. The lowest BCUT2D eigenvalue weighted by Gasteiger charge is -2.36. The minimum absolute atomic E-state index is 0.0674. The molecule has 1 aliphatic rings. The van der Waals surface area contributed by atoms with Crippen LogP contribution in [-0.2, 0) is 11.3 Å². The molecule has 1 aromatic carbocycles. The van der Waals surface area contributed by atoms with Gasteiger partial charge in [-0.1, -0.05) is 37.0 Å². The second-order valence-electron chi connectivity index (χ2n) is 6.11. The third kappa shape index (κ3) is 3.37. The van der Waals surface area contributed by atoms with Gasteiger partial charge in [0.1, 0.15) is 0 Å². The Morgan fingerprint density at radius 3 is 2.16 bits per heavy atom. The van der Waals surface area contributed by atoms with Gasteiger partial charge in [0.25, 0.3) is 0 Å². The molecule has 2 N–H and O–H groups in total. The molecule has 2 nitrogen and oxygen atoms in total. The van der Waals surface area contributed by atoms with Crippen LogP contribution in [0, 0.1) is 20.8 Å². The van der Waals surface area contributed by atoms with E-state index in [0.717, 1.165) is 12.8 Å². The van der Waals surface area contributed by atoms with Crippen molar-refractivity contribution in [2.45, 2.75) is 65.1 Å². The highest BCUT2D eigenvalue weighted by Gasteiger charge is 2.31. The first-order valence-electron chi connectivity index (χ1n) is 7.47. The molecule has 2 heteroatoms. The van der Waals surface area contributed by atoms with Crippen molar-refractivity contribution in [3.8, 4) is 0 Å². The first kappa shape index (κ1) is 14.5. The molecule has 0 aliphatic heterocycles. The summed E-state index contributed by atoms with van der Waals surface area (Å²) in [5.41, 5.74) is 11.2. The van der Waals surface area contributed by atoms with Gasteiger partial charge in [0.05, 0.1) is 12.2 Å². The summed E-state index contributed by atoms with van der Waals surface area (Å²) in [5, 5.41) is 0. The van der Waals surface area contributed by atoms with Crippen LogP contribution in [0.5, 0.6) is 0 Å². The molecule has 1 aromatic rings. The van der Waals surface area contributed by atoms with Crippen molar-refractivity contribution in [3.63, 3.8) is 0 Å². The average Bonchev–Trinajstić information content (AvgIpc) is 2.38. The fourth-order valence-corrected chi connectivity index (χ4v) is 3.27. The SMILES string of the molecule is Cc1cc(C)c(COC2(CN)CCCCC2)c(C)c1. The van der Waals surface area contributed by atoms with E-state index in [0.29, 0.717) is 13.2 Å². The maximum atomic E-state index is 6.28. The fourth-order valence-electron chi connectivity index (χ4n) is 3.27. The minimum Gasteiger partial charge on any atom is -0.369 e. The average molecular weight is 261 g/mol. The molecule has 2 rings (SSSR count).